The van der Waals surface area contributed by atoms with Crippen molar-refractivity contribution in [3.63, 3.8) is 0 Å². The molecule has 0 aromatic heterocycles. The lowest BCUT2D eigenvalue weighted by atomic mass is 10.2. The molecule has 2 aliphatic rings. The van der Waals surface area contributed by atoms with Crippen LogP contribution in [0, 0.1) is 0 Å². The highest BCUT2D eigenvalue weighted by Gasteiger charge is 2.54. The quantitative estimate of drug-likeness (QED) is 0.775. The minimum Gasteiger partial charge on any atom is -0.463 e. The number of benzene rings is 1. The first-order chi connectivity index (χ1) is 9.46. The van der Waals surface area contributed by atoms with E-state index in [-0.39, 0.29) is 0 Å². The van der Waals surface area contributed by atoms with Crippen LogP contribution in [0.1, 0.15) is 24.2 Å². The summed E-state index contributed by atoms with van der Waals surface area (Å²) in [4.78, 5) is 12.1. The number of rotatable bonds is 2. The zero-order valence-corrected chi connectivity index (χ0v) is 11.4. The van der Waals surface area contributed by atoms with Gasteiger partial charge in [0, 0.05) is 0 Å². The van der Waals surface area contributed by atoms with E-state index >= 15 is 0 Å². The van der Waals surface area contributed by atoms with Crippen molar-refractivity contribution in [2.75, 3.05) is 0 Å². The molecule has 1 aromatic rings. The van der Waals surface area contributed by atoms with Gasteiger partial charge in [-0.15, -0.1) is 0 Å². The van der Waals surface area contributed by atoms with Crippen LogP contribution in [-0.2, 0) is 18.9 Å². The second-order valence-corrected chi connectivity index (χ2v) is 5.24. The van der Waals surface area contributed by atoms with Gasteiger partial charge < -0.3 is 18.9 Å². The number of hydrogen-bond acceptors (Lipinski definition) is 5. The Balaban J connectivity index is 1.74. The maximum absolute atomic E-state index is 12.1. The number of esters is 1. The number of carbonyl (C=O) groups is 1. The molecule has 0 aliphatic carbocycles. The molecule has 3 rings (SSSR count). The van der Waals surface area contributed by atoms with Gasteiger partial charge in [0.25, 0.3) is 0 Å². The summed E-state index contributed by atoms with van der Waals surface area (Å²) in [7, 11) is 0. The summed E-state index contributed by atoms with van der Waals surface area (Å²) in [6.07, 6.45) is -1.72. The number of carbonyl (C=O) groups excluding carboxylic acids is 1. The van der Waals surface area contributed by atoms with Crippen LogP contribution < -0.4 is 0 Å². The Kier molecular flexibility index (Phi) is 3.03. The molecule has 5 nitrogen and oxygen atoms in total. The summed E-state index contributed by atoms with van der Waals surface area (Å²) in [5, 5.41) is 0. The van der Waals surface area contributed by atoms with Crippen molar-refractivity contribution >= 4 is 5.97 Å². The third kappa shape index (κ3) is 2.30. The van der Waals surface area contributed by atoms with E-state index in [1.165, 1.54) is 0 Å². The molecule has 5 heteroatoms. The van der Waals surface area contributed by atoms with E-state index in [2.05, 4.69) is 6.58 Å². The van der Waals surface area contributed by atoms with E-state index in [0.29, 0.717) is 11.3 Å². The first kappa shape index (κ1) is 13.1. The highest BCUT2D eigenvalue weighted by atomic mass is 16.8. The molecule has 2 fully saturated rings. The maximum atomic E-state index is 12.1. The molecule has 106 valence electrons. The molecular weight excluding hydrogens is 260 g/mol. The molecule has 3 atom stereocenters. The van der Waals surface area contributed by atoms with Gasteiger partial charge in [-0.25, -0.2) is 4.79 Å². The van der Waals surface area contributed by atoms with Crippen LogP contribution >= 0.6 is 0 Å². The van der Waals surface area contributed by atoms with E-state index in [4.69, 9.17) is 18.9 Å². The SMILES string of the molecule is C=C1O[C@@H]2OC(C)(C)O[C@@H]2[C@@H]1OC(=O)c1ccccc1. The van der Waals surface area contributed by atoms with E-state index in [1.807, 2.05) is 6.07 Å². The normalized spacial score (nSPS) is 30.7. The number of hydrogen-bond donors (Lipinski definition) is 0. The fourth-order valence-electron chi connectivity index (χ4n) is 2.34. The Morgan fingerprint density at radius 3 is 2.65 bits per heavy atom. The largest absolute Gasteiger partial charge is 0.463 e. The Hall–Kier alpha value is -1.85. The molecule has 0 amide bonds. The zero-order valence-electron chi connectivity index (χ0n) is 11.4. The van der Waals surface area contributed by atoms with Gasteiger partial charge in [0.15, 0.2) is 18.0 Å². The molecule has 20 heavy (non-hydrogen) atoms. The summed E-state index contributed by atoms with van der Waals surface area (Å²) in [5.41, 5.74) is 0.474. The zero-order chi connectivity index (χ0) is 14.3. The molecule has 0 bridgehead atoms. The van der Waals surface area contributed by atoms with Crippen molar-refractivity contribution in [2.45, 2.75) is 38.1 Å². The molecule has 0 radical (unpaired) electrons. The van der Waals surface area contributed by atoms with Crippen LogP contribution in [0.25, 0.3) is 0 Å². The summed E-state index contributed by atoms with van der Waals surface area (Å²) in [6.45, 7) is 7.32. The molecule has 0 N–H and O–H groups in total. The van der Waals surface area contributed by atoms with Crippen molar-refractivity contribution < 1.29 is 23.7 Å². The summed E-state index contributed by atoms with van der Waals surface area (Å²) in [5.74, 6) is -0.845. The standard InChI is InChI=1S/C15H16O5/c1-9-11(12-14(17-9)20-15(2,3)19-12)18-13(16)10-7-5-4-6-8-10/h4-8,11-12,14H,1H2,2-3H3/t11-,12-,14-/m1/s1. The van der Waals surface area contributed by atoms with E-state index in [0.717, 1.165) is 0 Å². The third-order valence-corrected chi connectivity index (χ3v) is 3.21. The lowest BCUT2D eigenvalue weighted by molar-refractivity contribution is -0.189. The Labute approximate surface area is 117 Å². The van der Waals surface area contributed by atoms with Gasteiger partial charge in [0.05, 0.1) is 5.56 Å². The van der Waals surface area contributed by atoms with Gasteiger partial charge in [-0.2, -0.15) is 0 Å². The van der Waals surface area contributed by atoms with E-state index < -0.39 is 30.3 Å². The van der Waals surface area contributed by atoms with Gasteiger partial charge in [0.1, 0.15) is 5.76 Å². The second kappa shape index (κ2) is 4.61. The Morgan fingerprint density at radius 2 is 1.95 bits per heavy atom. The monoisotopic (exact) mass is 276 g/mol. The van der Waals surface area contributed by atoms with Gasteiger partial charge in [-0.3, -0.25) is 0 Å². The van der Waals surface area contributed by atoms with Crippen molar-refractivity contribution in [3.05, 3.63) is 48.2 Å². The van der Waals surface area contributed by atoms with Crippen molar-refractivity contribution in [2.24, 2.45) is 0 Å². The van der Waals surface area contributed by atoms with Crippen LogP contribution in [-0.4, -0.2) is 30.3 Å². The average Bonchev–Trinajstić information content (AvgIpc) is 2.84. The van der Waals surface area contributed by atoms with Crippen LogP contribution in [0.3, 0.4) is 0 Å². The molecule has 0 unspecified atom stereocenters. The van der Waals surface area contributed by atoms with Crippen LogP contribution in [0.2, 0.25) is 0 Å². The number of fused-ring (bicyclic) bond motifs is 1. The van der Waals surface area contributed by atoms with Gasteiger partial charge in [0.2, 0.25) is 6.29 Å². The van der Waals surface area contributed by atoms with Gasteiger partial charge >= 0.3 is 5.97 Å². The molecule has 2 aliphatic heterocycles. The second-order valence-electron chi connectivity index (χ2n) is 5.24. The van der Waals surface area contributed by atoms with Crippen LogP contribution in [0.5, 0.6) is 0 Å². The Bertz CT molecular complexity index is 536. The molecule has 2 saturated heterocycles. The predicted molar refractivity (Wildman–Crippen MR) is 69.7 cm³/mol. The van der Waals surface area contributed by atoms with E-state index in [9.17, 15) is 4.79 Å². The van der Waals surface area contributed by atoms with Crippen LogP contribution in [0.15, 0.2) is 42.7 Å². The predicted octanol–water partition coefficient (Wildman–Crippen LogP) is 2.23. The van der Waals surface area contributed by atoms with Crippen molar-refractivity contribution in [3.8, 4) is 0 Å². The van der Waals surface area contributed by atoms with Crippen LogP contribution in [0.4, 0.5) is 0 Å². The first-order valence-electron chi connectivity index (χ1n) is 6.43. The molecular formula is C15H16O5. The van der Waals surface area contributed by atoms with Crippen molar-refractivity contribution in [1.29, 1.82) is 0 Å². The average molecular weight is 276 g/mol. The lowest BCUT2D eigenvalue weighted by Crippen LogP contribution is -2.33. The highest BCUT2D eigenvalue weighted by molar-refractivity contribution is 5.89. The molecule has 0 spiro atoms. The van der Waals surface area contributed by atoms with E-state index in [1.54, 1.807) is 38.1 Å². The Morgan fingerprint density at radius 1 is 1.25 bits per heavy atom. The van der Waals surface area contributed by atoms with Crippen molar-refractivity contribution in [1.82, 2.24) is 0 Å². The van der Waals surface area contributed by atoms with Gasteiger partial charge in [-0.1, -0.05) is 24.8 Å². The third-order valence-electron chi connectivity index (χ3n) is 3.21. The topological polar surface area (TPSA) is 54.0 Å². The fourth-order valence-corrected chi connectivity index (χ4v) is 2.34. The fraction of sp³-hybridized carbons (Fsp3) is 0.400. The first-order valence-corrected chi connectivity index (χ1v) is 6.43. The summed E-state index contributed by atoms with van der Waals surface area (Å²) in [6, 6.07) is 8.76. The summed E-state index contributed by atoms with van der Waals surface area (Å²) < 4.78 is 22.2. The maximum Gasteiger partial charge on any atom is 0.338 e. The molecule has 0 saturated carbocycles. The summed E-state index contributed by atoms with van der Waals surface area (Å²) >= 11 is 0. The number of ether oxygens (including phenoxy) is 4. The smallest absolute Gasteiger partial charge is 0.338 e. The minimum atomic E-state index is -0.757. The molecule has 2 heterocycles. The highest BCUT2D eigenvalue weighted by Crippen LogP contribution is 2.39. The minimum absolute atomic E-state index is 0.347. The lowest BCUT2D eigenvalue weighted by Gasteiger charge is -2.21. The molecule has 1 aromatic carbocycles. The van der Waals surface area contributed by atoms with Gasteiger partial charge in [-0.05, 0) is 26.0 Å².